The van der Waals surface area contributed by atoms with Gasteiger partial charge in [0.2, 0.25) is 35.4 Å². The molecule has 8 amide bonds. The van der Waals surface area contributed by atoms with E-state index in [2.05, 4.69) is 27.9 Å². The van der Waals surface area contributed by atoms with Crippen LogP contribution in [0.25, 0.3) is 10.9 Å². The van der Waals surface area contributed by atoms with Crippen molar-refractivity contribution < 1.29 is 57.5 Å². The van der Waals surface area contributed by atoms with Gasteiger partial charge in [0.1, 0.15) is 6.04 Å². The lowest BCUT2D eigenvalue weighted by molar-refractivity contribution is -0.201. The number of amides is 8. The molecule has 3 heterocycles. The molecule has 77 heavy (non-hydrogen) atoms. The smallest absolute Gasteiger partial charge is 0.336 e. The first-order chi connectivity index (χ1) is 36.5. The van der Waals surface area contributed by atoms with Gasteiger partial charge in [0.15, 0.2) is 0 Å². The summed E-state index contributed by atoms with van der Waals surface area (Å²) in [6, 6.07) is 4.19. The number of nitrogens with zero attached hydrogens (tertiary/aromatic N) is 4. The van der Waals surface area contributed by atoms with E-state index in [0.717, 1.165) is 16.5 Å². The van der Waals surface area contributed by atoms with E-state index in [1.54, 1.807) is 32.2 Å². The van der Waals surface area contributed by atoms with Crippen LogP contribution in [-0.2, 0) is 63.9 Å². The van der Waals surface area contributed by atoms with Crippen molar-refractivity contribution in [1.29, 1.82) is 0 Å². The van der Waals surface area contributed by atoms with E-state index in [0.29, 0.717) is 69.5 Å². The molecule has 1 saturated carbocycles. The third kappa shape index (κ3) is 15.9. The Morgan fingerprint density at radius 1 is 0.844 bits per heavy atom. The monoisotopic (exact) mass is 1080 g/mol. The first-order valence-corrected chi connectivity index (χ1v) is 27.7. The highest BCUT2D eigenvalue weighted by Crippen LogP contribution is 2.32. The lowest BCUT2D eigenvalue weighted by Gasteiger charge is -2.43. The van der Waals surface area contributed by atoms with E-state index in [-0.39, 0.29) is 67.7 Å². The third-order valence-electron chi connectivity index (χ3n) is 16.2. The minimum Gasteiger partial charge on any atom is -0.379 e. The number of ether oxygens (including phenoxy) is 2. The van der Waals surface area contributed by atoms with Gasteiger partial charge in [0.25, 0.3) is 11.8 Å². The molecule has 0 bridgehead atoms. The second-order valence-electron chi connectivity index (χ2n) is 22.3. The topological polar surface area (TPSA) is 272 Å². The number of benzene rings is 1. The summed E-state index contributed by atoms with van der Waals surface area (Å²) < 4.78 is 12.1. The number of nitrogens with one attached hydrogen (secondary N) is 4. The minimum atomic E-state index is -0.982. The minimum absolute atomic E-state index is 0.0219. The van der Waals surface area contributed by atoms with E-state index in [9.17, 15) is 43.2 Å². The molecule has 9 atom stereocenters. The van der Waals surface area contributed by atoms with Crippen LogP contribution in [0.4, 0.5) is 0 Å². The van der Waals surface area contributed by atoms with Crippen LogP contribution in [-0.4, -0.2) is 168 Å². The van der Waals surface area contributed by atoms with Gasteiger partial charge in [-0.05, 0) is 95.0 Å². The number of hydrogen-bond acceptors (Lipinski definition) is 14. The summed E-state index contributed by atoms with van der Waals surface area (Å²) in [4.78, 5) is 133. The normalized spacial score (nSPS) is 21.2. The summed E-state index contributed by atoms with van der Waals surface area (Å²) in [7, 11) is 6.69. The molecular formula is C56H87N9O12. The number of fused-ring (bicyclic) bond motifs is 1. The summed E-state index contributed by atoms with van der Waals surface area (Å²) in [5.41, 5.74) is 7.56. The van der Waals surface area contributed by atoms with Crippen LogP contribution in [0.1, 0.15) is 131 Å². The van der Waals surface area contributed by atoms with Gasteiger partial charge in [-0.3, -0.25) is 53.5 Å². The van der Waals surface area contributed by atoms with E-state index in [1.165, 1.54) is 7.11 Å². The van der Waals surface area contributed by atoms with Gasteiger partial charge in [0.05, 0.1) is 48.6 Å². The van der Waals surface area contributed by atoms with Crippen LogP contribution >= 0.6 is 0 Å². The number of hydrogen-bond donors (Lipinski definition) is 5. The number of methoxy groups -OCH3 is 2. The first kappa shape index (κ1) is 62.1. The number of carbonyl (C=O) groups is 9. The number of carbonyl (C=O) groups excluding carboxylic acids is 9. The Labute approximate surface area is 454 Å². The Kier molecular flexibility index (Phi) is 23.2. The predicted molar refractivity (Wildman–Crippen MR) is 288 cm³/mol. The molecule has 21 heteroatoms. The zero-order valence-corrected chi connectivity index (χ0v) is 47.3. The SMILES string of the molecule is CC[C@H](C)[C@@H]([C@@H](CC(=O)N1CCC[C@H]1[C@H](OC)[C@@H](C)C(=O)N[C@@H](Cc1c[nH]c2ccccc12)C(N)=O)OC)N(C)[C@H](C(=O)NC(=O)[C@H](C(C)C)N(C)CCCC(=O)N[C@H]1CC[C@H](C(=O)ON2C(=O)CCC2=O)CC1)C(C)C. The summed E-state index contributed by atoms with van der Waals surface area (Å²) in [5, 5.41) is 10.1. The van der Waals surface area contributed by atoms with Gasteiger partial charge in [0, 0.05) is 75.6 Å². The lowest BCUT2D eigenvalue weighted by Crippen LogP contribution is -2.60. The quantitative estimate of drug-likeness (QED) is 0.0760. The van der Waals surface area contributed by atoms with Gasteiger partial charge in [-0.15, -0.1) is 5.06 Å². The predicted octanol–water partition coefficient (Wildman–Crippen LogP) is 3.76. The molecule has 3 aliphatic rings. The molecule has 6 N–H and O–H groups in total. The number of imide groups is 2. The zero-order valence-electron chi connectivity index (χ0n) is 47.3. The van der Waals surface area contributed by atoms with Crippen LogP contribution in [0.5, 0.6) is 0 Å². The van der Waals surface area contributed by atoms with Crippen LogP contribution in [0.15, 0.2) is 30.5 Å². The summed E-state index contributed by atoms with van der Waals surface area (Å²) >= 11 is 0. The van der Waals surface area contributed by atoms with E-state index < -0.39 is 95.7 Å². The van der Waals surface area contributed by atoms with Gasteiger partial charge in [-0.25, -0.2) is 4.79 Å². The summed E-state index contributed by atoms with van der Waals surface area (Å²) in [6.45, 7) is 14.3. The number of para-hydroxylation sites is 1. The second-order valence-corrected chi connectivity index (χ2v) is 22.3. The average molecular weight is 1080 g/mol. The standard InChI is InChI=1S/C56H87N9O12/c1-12-34(6)50(43(75-10)30-47(69)64-28-15-19-42(64)51(76-11)35(7)53(71)60-41(52(57)70)29-37-31-58-40-18-14-13-17-39(37)40)63(9)49(33(4)5)55(73)61-54(72)48(32(2)3)62(8)27-16-20-44(66)59-38-23-21-36(22-24-38)56(74)77-65-45(67)25-26-46(65)68/h13-14,17-18,31-36,38,41-43,48-51,58H,12,15-16,19-30H2,1-11H3,(H2,57,70)(H,59,66)(H,60,71)(H,61,72,73)/t34-,35+,36-,38-,41-,42-,43+,48-,49-,50-,51+/m0/s1. The number of aromatic amines is 1. The molecule has 0 spiro atoms. The Morgan fingerprint density at radius 2 is 1.48 bits per heavy atom. The fourth-order valence-corrected chi connectivity index (χ4v) is 11.9. The second kappa shape index (κ2) is 28.7. The molecule has 2 aromatic rings. The Balaban J connectivity index is 1.16. The molecule has 3 fully saturated rings. The molecule has 1 aromatic heterocycles. The fourth-order valence-electron chi connectivity index (χ4n) is 11.9. The van der Waals surface area contributed by atoms with Crippen molar-refractivity contribution in [2.45, 2.75) is 180 Å². The van der Waals surface area contributed by atoms with E-state index in [1.807, 2.05) is 75.7 Å². The molecule has 2 saturated heterocycles. The molecule has 0 unspecified atom stereocenters. The number of rotatable bonds is 28. The maximum absolute atomic E-state index is 14.5. The van der Waals surface area contributed by atoms with Crippen molar-refractivity contribution >= 4 is 64.1 Å². The Morgan fingerprint density at radius 3 is 2.08 bits per heavy atom. The Bertz CT molecular complexity index is 2370. The number of aromatic nitrogens is 1. The summed E-state index contributed by atoms with van der Waals surface area (Å²) in [5.74, 6) is -5.77. The largest absolute Gasteiger partial charge is 0.379 e. The first-order valence-electron chi connectivity index (χ1n) is 27.7. The molecule has 1 aromatic carbocycles. The molecule has 0 radical (unpaired) electrons. The van der Waals surface area contributed by atoms with Crippen LogP contribution < -0.4 is 21.7 Å². The van der Waals surface area contributed by atoms with Crippen LogP contribution in [0.2, 0.25) is 0 Å². The highest BCUT2D eigenvalue weighted by atomic mass is 16.7. The van der Waals surface area contributed by atoms with Crippen molar-refractivity contribution in [2.24, 2.45) is 35.3 Å². The van der Waals surface area contributed by atoms with Gasteiger partial charge < -0.3 is 40.6 Å². The van der Waals surface area contributed by atoms with Crippen molar-refractivity contribution in [3.8, 4) is 0 Å². The zero-order chi connectivity index (χ0) is 56.8. The van der Waals surface area contributed by atoms with Gasteiger partial charge >= 0.3 is 5.97 Å². The molecule has 2 aliphatic heterocycles. The Hall–Kier alpha value is -5.77. The number of H-pyrrole nitrogens is 1. The molecular weight excluding hydrogens is 991 g/mol. The highest BCUT2D eigenvalue weighted by Gasteiger charge is 2.44. The van der Waals surface area contributed by atoms with E-state index in [4.69, 9.17) is 20.0 Å². The van der Waals surface area contributed by atoms with Crippen molar-refractivity contribution in [2.75, 3.05) is 41.4 Å². The van der Waals surface area contributed by atoms with Crippen LogP contribution in [0.3, 0.4) is 0 Å². The van der Waals surface area contributed by atoms with Crippen molar-refractivity contribution in [3.63, 3.8) is 0 Å². The molecule has 1 aliphatic carbocycles. The molecule has 21 nitrogen and oxygen atoms in total. The maximum atomic E-state index is 14.5. The number of likely N-dealkylation sites (N-methyl/N-ethyl adjacent to an activating group) is 2. The number of nitrogens with two attached hydrogens (primary N) is 1. The number of likely N-dealkylation sites (tertiary alicyclic amines) is 1. The maximum Gasteiger partial charge on any atom is 0.336 e. The van der Waals surface area contributed by atoms with Crippen LogP contribution in [0, 0.1) is 29.6 Å². The molecule has 428 valence electrons. The average Bonchev–Trinajstić information content (AvgIpc) is 4.12. The summed E-state index contributed by atoms with van der Waals surface area (Å²) in [6.07, 6.45) is 5.26. The highest BCUT2D eigenvalue weighted by molar-refractivity contribution is 6.02. The van der Waals surface area contributed by atoms with Gasteiger partial charge in [-0.2, -0.15) is 0 Å². The van der Waals surface area contributed by atoms with Crippen molar-refractivity contribution in [1.82, 2.24) is 40.7 Å². The van der Waals surface area contributed by atoms with Gasteiger partial charge in [-0.1, -0.05) is 73.1 Å². The third-order valence-corrected chi connectivity index (χ3v) is 16.2. The number of primary amides is 1. The lowest BCUT2D eigenvalue weighted by atomic mass is 9.86. The van der Waals surface area contributed by atoms with E-state index >= 15 is 0 Å². The molecule has 5 rings (SSSR count). The number of hydroxylamine groups is 2. The fraction of sp³-hybridized carbons (Fsp3) is 0.696. The van der Waals surface area contributed by atoms with Crippen molar-refractivity contribution in [3.05, 3.63) is 36.0 Å².